The SMILES string of the molecule is CC(C)(CCCCCCOc1ccc(CCCCc2ccccc2)cc1)C(=O)O. The molecule has 0 unspecified atom stereocenters. The molecule has 158 valence electrons. The second kappa shape index (κ2) is 12.3. The summed E-state index contributed by atoms with van der Waals surface area (Å²) >= 11 is 0. The van der Waals surface area contributed by atoms with Gasteiger partial charge in [-0.2, -0.15) is 0 Å². The van der Waals surface area contributed by atoms with Gasteiger partial charge in [-0.3, -0.25) is 4.79 Å². The van der Waals surface area contributed by atoms with Gasteiger partial charge in [-0.05, 0) is 75.6 Å². The molecule has 29 heavy (non-hydrogen) atoms. The molecule has 0 saturated carbocycles. The summed E-state index contributed by atoms with van der Waals surface area (Å²) in [7, 11) is 0. The van der Waals surface area contributed by atoms with Crippen LogP contribution in [0.15, 0.2) is 54.6 Å². The van der Waals surface area contributed by atoms with E-state index in [-0.39, 0.29) is 0 Å². The molecule has 1 N–H and O–H groups in total. The zero-order valence-corrected chi connectivity index (χ0v) is 18.0. The zero-order valence-electron chi connectivity index (χ0n) is 18.0. The van der Waals surface area contributed by atoms with Crippen molar-refractivity contribution in [3.05, 3.63) is 65.7 Å². The van der Waals surface area contributed by atoms with Crippen molar-refractivity contribution in [1.82, 2.24) is 0 Å². The second-order valence-corrected chi connectivity index (χ2v) is 8.54. The number of unbranched alkanes of at least 4 members (excludes halogenated alkanes) is 4. The predicted octanol–water partition coefficient (Wildman–Crippen LogP) is 6.69. The molecule has 0 atom stereocenters. The maximum absolute atomic E-state index is 11.1. The van der Waals surface area contributed by atoms with E-state index < -0.39 is 11.4 Å². The molecule has 0 amide bonds. The van der Waals surface area contributed by atoms with Crippen molar-refractivity contribution in [1.29, 1.82) is 0 Å². The third-order valence-electron chi connectivity index (χ3n) is 5.49. The van der Waals surface area contributed by atoms with Gasteiger partial charge in [0.15, 0.2) is 0 Å². The lowest BCUT2D eigenvalue weighted by molar-refractivity contribution is -0.147. The number of aryl methyl sites for hydroxylation is 2. The number of rotatable bonds is 14. The summed E-state index contributed by atoms with van der Waals surface area (Å²) in [6.45, 7) is 4.32. The standard InChI is InChI=1S/C26H36O3/c1-26(2,25(27)28)20-10-3-4-11-21-29-24-18-16-23(17-19-24)15-9-8-14-22-12-6-5-7-13-22/h5-7,12-13,16-19H,3-4,8-11,14-15,20-21H2,1-2H3,(H,27,28). The molecule has 3 heteroatoms. The number of carboxylic acids is 1. The van der Waals surface area contributed by atoms with E-state index in [4.69, 9.17) is 9.84 Å². The lowest BCUT2D eigenvalue weighted by Gasteiger charge is -2.18. The van der Waals surface area contributed by atoms with Crippen molar-refractivity contribution < 1.29 is 14.6 Å². The number of carboxylic acid groups (broad SMARTS) is 1. The van der Waals surface area contributed by atoms with E-state index in [1.165, 1.54) is 24.0 Å². The Kier molecular flexibility index (Phi) is 9.76. The van der Waals surface area contributed by atoms with Crippen LogP contribution >= 0.6 is 0 Å². The molecule has 0 aliphatic rings. The number of carbonyl (C=O) groups is 1. The van der Waals surface area contributed by atoms with Gasteiger partial charge in [0.1, 0.15) is 5.75 Å². The van der Waals surface area contributed by atoms with Gasteiger partial charge in [-0.15, -0.1) is 0 Å². The summed E-state index contributed by atoms with van der Waals surface area (Å²) in [5, 5.41) is 9.12. The summed E-state index contributed by atoms with van der Waals surface area (Å²) in [6, 6.07) is 19.2. The number of ether oxygens (including phenoxy) is 1. The molecule has 2 aromatic rings. The van der Waals surface area contributed by atoms with Crippen LogP contribution in [0.25, 0.3) is 0 Å². The number of hydrogen-bond acceptors (Lipinski definition) is 2. The van der Waals surface area contributed by atoms with Crippen LogP contribution in [0.5, 0.6) is 5.75 Å². The average Bonchev–Trinajstić information content (AvgIpc) is 2.72. The quantitative estimate of drug-likeness (QED) is 0.362. The molecule has 2 rings (SSSR count). The Morgan fingerprint density at radius 3 is 2.00 bits per heavy atom. The Bertz CT molecular complexity index is 704. The Labute approximate surface area is 176 Å². The molecule has 3 nitrogen and oxygen atoms in total. The molecule has 0 fully saturated rings. The van der Waals surface area contributed by atoms with Crippen LogP contribution in [-0.4, -0.2) is 17.7 Å². The molecule has 0 aliphatic carbocycles. The minimum atomic E-state index is -0.708. The summed E-state index contributed by atoms with van der Waals surface area (Å²) in [4.78, 5) is 11.1. The van der Waals surface area contributed by atoms with Crippen molar-refractivity contribution >= 4 is 5.97 Å². The first kappa shape index (κ1) is 23.0. The Balaban J connectivity index is 1.53. The number of aliphatic carboxylic acids is 1. The first-order valence-electron chi connectivity index (χ1n) is 11.0. The van der Waals surface area contributed by atoms with E-state index in [9.17, 15) is 4.79 Å². The maximum atomic E-state index is 11.1. The van der Waals surface area contributed by atoms with Gasteiger partial charge in [0, 0.05) is 0 Å². The minimum Gasteiger partial charge on any atom is -0.494 e. The third kappa shape index (κ3) is 9.17. The average molecular weight is 397 g/mol. The van der Waals surface area contributed by atoms with Crippen molar-refractivity contribution in [3.63, 3.8) is 0 Å². The molecular formula is C26H36O3. The van der Waals surface area contributed by atoms with E-state index in [0.717, 1.165) is 57.3 Å². The fraction of sp³-hybridized carbons (Fsp3) is 0.500. The first-order valence-corrected chi connectivity index (χ1v) is 11.0. The summed E-state index contributed by atoms with van der Waals surface area (Å²) in [5.41, 5.74) is 2.17. The Morgan fingerprint density at radius 1 is 0.793 bits per heavy atom. The van der Waals surface area contributed by atoms with Crippen molar-refractivity contribution in [2.75, 3.05) is 6.61 Å². The molecule has 0 bridgehead atoms. The maximum Gasteiger partial charge on any atom is 0.309 e. The Morgan fingerprint density at radius 2 is 1.38 bits per heavy atom. The first-order chi connectivity index (χ1) is 14.0. The number of hydrogen-bond donors (Lipinski definition) is 1. The highest BCUT2D eigenvalue weighted by Gasteiger charge is 2.25. The fourth-order valence-electron chi connectivity index (χ4n) is 3.37. The highest BCUT2D eigenvalue weighted by molar-refractivity contribution is 5.73. The van der Waals surface area contributed by atoms with Crippen LogP contribution in [0.1, 0.15) is 69.9 Å². The van der Waals surface area contributed by atoms with Gasteiger partial charge in [0.25, 0.3) is 0 Å². The monoisotopic (exact) mass is 396 g/mol. The normalized spacial score (nSPS) is 11.4. The van der Waals surface area contributed by atoms with Crippen LogP contribution in [-0.2, 0) is 17.6 Å². The van der Waals surface area contributed by atoms with E-state index in [1.54, 1.807) is 13.8 Å². The molecule has 2 aromatic carbocycles. The van der Waals surface area contributed by atoms with Crippen molar-refractivity contribution in [3.8, 4) is 5.75 Å². The van der Waals surface area contributed by atoms with E-state index in [1.807, 2.05) is 0 Å². The van der Waals surface area contributed by atoms with Gasteiger partial charge in [0.2, 0.25) is 0 Å². The largest absolute Gasteiger partial charge is 0.494 e. The zero-order chi connectivity index (χ0) is 21.0. The summed E-state index contributed by atoms with van der Waals surface area (Å²) < 4.78 is 5.84. The van der Waals surface area contributed by atoms with Gasteiger partial charge in [0.05, 0.1) is 12.0 Å². The molecule has 0 aliphatic heterocycles. The van der Waals surface area contributed by atoms with E-state index in [0.29, 0.717) is 0 Å². The third-order valence-corrected chi connectivity index (χ3v) is 5.49. The van der Waals surface area contributed by atoms with Gasteiger partial charge < -0.3 is 9.84 Å². The van der Waals surface area contributed by atoms with Crippen LogP contribution in [0.4, 0.5) is 0 Å². The van der Waals surface area contributed by atoms with Crippen molar-refractivity contribution in [2.24, 2.45) is 5.41 Å². The van der Waals surface area contributed by atoms with Crippen LogP contribution in [0, 0.1) is 5.41 Å². The molecular weight excluding hydrogens is 360 g/mol. The van der Waals surface area contributed by atoms with Gasteiger partial charge in [-0.1, -0.05) is 61.7 Å². The lowest BCUT2D eigenvalue weighted by atomic mass is 9.87. The minimum absolute atomic E-state index is 0.611. The molecule has 0 spiro atoms. The second-order valence-electron chi connectivity index (χ2n) is 8.54. The summed E-state index contributed by atoms with van der Waals surface area (Å²) in [5.74, 6) is 0.227. The molecule has 0 saturated heterocycles. The smallest absolute Gasteiger partial charge is 0.309 e. The van der Waals surface area contributed by atoms with E-state index >= 15 is 0 Å². The number of benzene rings is 2. The van der Waals surface area contributed by atoms with Crippen LogP contribution < -0.4 is 4.74 Å². The predicted molar refractivity (Wildman–Crippen MR) is 120 cm³/mol. The fourth-order valence-corrected chi connectivity index (χ4v) is 3.37. The molecule has 0 aromatic heterocycles. The van der Waals surface area contributed by atoms with Crippen molar-refractivity contribution in [2.45, 2.75) is 71.6 Å². The van der Waals surface area contributed by atoms with Crippen LogP contribution in [0.2, 0.25) is 0 Å². The van der Waals surface area contributed by atoms with Crippen LogP contribution in [0.3, 0.4) is 0 Å². The highest BCUT2D eigenvalue weighted by Crippen LogP contribution is 2.24. The topological polar surface area (TPSA) is 46.5 Å². The lowest BCUT2D eigenvalue weighted by Crippen LogP contribution is -2.23. The van der Waals surface area contributed by atoms with Gasteiger partial charge in [-0.25, -0.2) is 0 Å². The highest BCUT2D eigenvalue weighted by atomic mass is 16.5. The molecule has 0 radical (unpaired) electrons. The Hall–Kier alpha value is -2.29. The summed E-state index contributed by atoms with van der Waals surface area (Å²) in [6.07, 6.45) is 9.51. The van der Waals surface area contributed by atoms with E-state index in [2.05, 4.69) is 54.6 Å². The van der Waals surface area contributed by atoms with Gasteiger partial charge >= 0.3 is 5.97 Å². The molecule has 0 heterocycles.